The zero-order chi connectivity index (χ0) is 22.9. The van der Waals surface area contributed by atoms with Crippen LogP contribution >= 0.6 is 34.5 Å². The molecule has 4 rings (SSSR count). The summed E-state index contributed by atoms with van der Waals surface area (Å²) in [4.78, 5) is 19.4. The van der Waals surface area contributed by atoms with Gasteiger partial charge in [0.2, 0.25) is 5.91 Å². The van der Waals surface area contributed by atoms with Crippen molar-refractivity contribution in [2.24, 2.45) is 0 Å². The molecule has 0 N–H and O–H groups in total. The van der Waals surface area contributed by atoms with Crippen LogP contribution in [-0.4, -0.2) is 25.1 Å². The Morgan fingerprint density at radius 1 is 1.00 bits per heavy atom. The standard InChI is InChI=1S/C23H18Cl2N2O3S2/c1-15-11-18(25)12-20-22(15)26-23(31-20)27(13-16-5-3-2-4-6-16)21(28)14-32(29,30)19-9-7-17(24)8-10-19/h2-12H,13-14H2,1H3. The maximum atomic E-state index is 13.3. The number of amides is 1. The molecule has 0 saturated carbocycles. The Hall–Kier alpha value is -2.45. The molecule has 164 valence electrons. The lowest BCUT2D eigenvalue weighted by Gasteiger charge is -2.20. The quantitative estimate of drug-likeness (QED) is 0.326. The number of sulfone groups is 1. The fourth-order valence-electron chi connectivity index (χ4n) is 3.25. The van der Waals surface area contributed by atoms with Crippen molar-refractivity contribution in [3.05, 3.63) is 87.9 Å². The molecule has 0 fully saturated rings. The molecule has 9 heteroatoms. The number of halogens is 2. The smallest absolute Gasteiger partial charge is 0.244 e. The third-order valence-electron chi connectivity index (χ3n) is 4.84. The first-order valence-corrected chi connectivity index (χ1v) is 12.8. The molecule has 0 unspecified atom stereocenters. The number of fused-ring (bicyclic) bond motifs is 1. The number of carbonyl (C=O) groups excluding carboxylic acids is 1. The highest BCUT2D eigenvalue weighted by atomic mass is 35.5. The van der Waals surface area contributed by atoms with Crippen molar-refractivity contribution < 1.29 is 13.2 Å². The zero-order valence-corrected chi connectivity index (χ0v) is 20.1. The molecule has 1 amide bonds. The van der Waals surface area contributed by atoms with E-state index in [2.05, 4.69) is 4.98 Å². The van der Waals surface area contributed by atoms with Gasteiger partial charge in [0.25, 0.3) is 0 Å². The molecule has 0 spiro atoms. The Morgan fingerprint density at radius 3 is 2.38 bits per heavy atom. The van der Waals surface area contributed by atoms with Crippen molar-refractivity contribution >= 4 is 65.6 Å². The van der Waals surface area contributed by atoms with Crippen molar-refractivity contribution in [2.45, 2.75) is 18.4 Å². The lowest BCUT2D eigenvalue weighted by molar-refractivity contribution is -0.116. The summed E-state index contributed by atoms with van der Waals surface area (Å²) in [6, 6.07) is 18.7. The Bertz CT molecular complexity index is 1390. The number of hydrogen-bond donors (Lipinski definition) is 0. The normalized spacial score (nSPS) is 11.6. The summed E-state index contributed by atoms with van der Waals surface area (Å²) in [5.74, 6) is -1.25. The van der Waals surface area contributed by atoms with Gasteiger partial charge in [0.05, 0.1) is 21.7 Å². The predicted octanol–water partition coefficient (Wildman–Crippen LogP) is 5.92. The second-order valence-corrected chi connectivity index (χ2v) is 11.1. The minimum absolute atomic E-state index is 0.0434. The van der Waals surface area contributed by atoms with Gasteiger partial charge < -0.3 is 0 Å². The summed E-state index contributed by atoms with van der Waals surface area (Å²) >= 11 is 13.3. The molecule has 3 aromatic carbocycles. The van der Waals surface area contributed by atoms with Crippen LogP contribution in [0.4, 0.5) is 5.13 Å². The SMILES string of the molecule is Cc1cc(Cl)cc2sc(N(Cc3ccccc3)C(=O)CS(=O)(=O)c3ccc(Cl)cc3)nc12. The molecule has 1 aromatic heterocycles. The van der Waals surface area contributed by atoms with E-state index in [-0.39, 0.29) is 11.4 Å². The van der Waals surface area contributed by atoms with Gasteiger partial charge in [-0.25, -0.2) is 13.4 Å². The molecule has 32 heavy (non-hydrogen) atoms. The molecule has 4 aromatic rings. The number of rotatable bonds is 6. The minimum atomic E-state index is -3.86. The predicted molar refractivity (Wildman–Crippen MR) is 131 cm³/mol. The summed E-state index contributed by atoms with van der Waals surface area (Å²) in [5.41, 5.74) is 2.48. The Balaban J connectivity index is 1.71. The molecule has 0 aliphatic rings. The first-order chi connectivity index (χ1) is 15.2. The van der Waals surface area contributed by atoms with Gasteiger partial charge in [-0.05, 0) is 54.4 Å². The number of benzene rings is 3. The Labute approximate surface area is 200 Å². The molecule has 0 atom stereocenters. The summed E-state index contributed by atoms with van der Waals surface area (Å²) in [5, 5.41) is 1.42. The first-order valence-electron chi connectivity index (χ1n) is 9.62. The largest absolute Gasteiger partial charge is 0.283 e. The second-order valence-electron chi connectivity index (χ2n) is 7.24. The van der Waals surface area contributed by atoms with E-state index in [9.17, 15) is 13.2 Å². The van der Waals surface area contributed by atoms with E-state index < -0.39 is 21.5 Å². The minimum Gasteiger partial charge on any atom is -0.283 e. The lowest BCUT2D eigenvalue weighted by Crippen LogP contribution is -2.35. The van der Waals surface area contributed by atoms with Gasteiger partial charge in [-0.3, -0.25) is 9.69 Å². The monoisotopic (exact) mass is 504 g/mol. The van der Waals surface area contributed by atoms with E-state index >= 15 is 0 Å². The van der Waals surface area contributed by atoms with Crippen LogP contribution in [0, 0.1) is 6.92 Å². The maximum Gasteiger partial charge on any atom is 0.244 e. The van der Waals surface area contributed by atoms with Crippen LogP contribution in [0.25, 0.3) is 10.2 Å². The lowest BCUT2D eigenvalue weighted by atomic mass is 10.2. The second kappa shape index (κ2) is 9.19. The van der Waals surface area contributed by atoms with Gasteiger partial charge in [-0.2, -0.15) is 0 Å². The van der Waals surface area contributed by atoms with E-state index in [4.69, 9.17) is 23.2 Å². The topological polar surface area (TPSA) is 67.3 Å². The number of carbonyl (C=O) groups is 1. The van der Waals surface area contributed by atoms with Crippen LogP contribution in [0.1, 0.15) is 11.1 Å². The molecule has 0 radical (unpaired) electrons. The van der Waals surface area contributed by atoms with Gasteiger partial charge in [0.1, 0.15) is 5.75 Å². The van der Waals surface area contributed by atoms with E-state index in [1.807, 2.05) is 43.3 Å². The first kappa shape index (κ1) is 22.7. The summed E-state index contributed by atoms with van der Waals surface area (Å²) in [6.45, 7) is 2.09. The highest BCUT2D eigenvalue weighted by Gasteiger charge is 2.27. The molecule has 1 heterocycles. The maximum absolute atomic E-state index is 13.3. The summed E-state index contributed by atoms with van der Waals surface area (Å²) < 4.78 is 26.6. The molecule has 0 saturated heterocycles. The van der Waals surface area contributed by atoms with E-state index in [0.29, 0.717) is 15.2 Å². The molecule has 0 aliphatic carbocycles. The van der Waals surface area contributed by atoms with Crippen LogP contribution < -0.4 is 4.90 Å². The highest BCUT2D eigenvalue weighted by Crippen LogP contribution is 2.34. The van der Waals surface area contributed by atoms with Gasteiger partial charge >= 0.3 is 0 Å². The van der Waals surface area contributed by atoms with E-state index in [1.165, 1.54) is 40.5 Å². The van der Waals surface area contributed by atoms with Gasteiger partial charge in [-0.1, -0.05) is 64.9 Å². The van der Waals surface area contributed by atoms with Crippen molar-refractivity contribution in [3.63, 3.8) is 0 Å². The molecular formula is C23H18Cl2N2O3S2. The van der Waals surface area contributed by atoms with Gasteiger partial charge in [-0.15, -0.1) is 0 Å². The van der Waals surface area contributed by atoms with Crippen LogP contribution in [0.2, 0.25) is 10.0 Å². The van der Waals surface area contributed by atoms with Crippen LogP contribution in [0.15, 0.2) is 71.6 Å². The Morgan fingerprint density at radius 2 is 1.69 bits per heavy atom. The summed E-state index contributed by atoms with van der Waals surface area (Å²) in [6.07, 6.45) is 0. The third-order valence-corrected chi connectivity index (χ3v) is 7.95. The average Bonchev–Trinajstić information content (AvgIpc) is 3.16. The highest BCUT2D eigenvalue weighted by molar-refractivity contribution is 7.92. The summed E-state index contributed by atoms with van der Waals surface area (Å²) in [7, 11) is -3.86. The zero-order valence-electron chi connectivity index (χ0n) is 17.0. The van der Waals surface area contributed by atoms with Crippen LogP contribution in [-0.2, 0) is 21.2 Å². The van der Waals surface area contributed by atoms with Gasteiger partial charge in [0, 0.05) is 10.0 Å². The molecule has 0 aliphatic heterocycles. The number of anilines is 1. The van der Waals surface area contributed by atoms with Crippen molar-refractivity contribution in [1.29, 1.82) is 0 Å². The van der Waals surface area contributed by atoms with Crippen molar-refractivity contribution in [1.82, 2.24) is 4.98 Å². The van der Waals surface area contributed by atoms with Gasteiger partial charge in [0.15, 0.2) is 15.0 Å². The number of hydrogen-bond acceptors (Lipinski definition) is 5. The fourth-order valence-corrected chi connectivity index (χ4v) is 6.01. The molecule has 5 nitrogen and oxygen atoms in total. The van der Waals surface area contributed by atoms with Crippen molar-refractivity contribution in [3.8, 4) is 0 Å². The van der Waals surface area contributed by atoms with E-state index in [0.717, 1.165) is 21.3 Å². The van der Waals surface area contributed by atoms with Crippen LogP contribution in [0.3, 0.4) is 0 Å². The third kappa shape index (κ3) is 4.96. The number of aromatic nitrogens is 1. The van der Waals surface area contributed by atoms with Crippen LogP contribution in [0.5, 0.6) is 0 Å². The fraction of sp³-hybridized carbons (Fsp3) is 0.130. The Kier molecular flexibility index (Phi) is 6.53. The number of aryl methyl sites for hydroxylation is 1. The molecule has 0 bridgehead atoms. The van der Waals surface area contributed by atoms with E-state index in [1.54, 1.807) is 6.07 Å². The van der Waals surface area contributed by atoms with Crippen molar-refractivity contribution in [2.75, 3.05) is 10.7 Å². The molecular weight excluding hydrogens is 487 g/mol. The average molecular weight is 505 g/mol. The number of thiazole rings is 1. The number of nitrogens with zero attached hydrogens (tertiary/aromatic N) is 2.